The van der Waals surface area contributed by atoms with Gasteiger partial charge in [0, 0.05) is 7.05 Å². The van der Waals surface area contributed by atoms with E-state index in [0.29, 0.717) is 0 Å². The first-order valence-corrected chi connectivity index (χ1v) is 5.84. The number of imidazole rings is 1. The molecule has 1 unspecified atom stereocenters. The van der Waals surface area contributed by atoms with E-state index in [4.69, 9.17) is 0 Å². The molecule has 2 aromatic rings. The quantitative estimate of drug-likeness (QED) is 0.875. The highest BCUT2D eigenvalue weighted by molar-refractivity contribution is 5.38. The van der Waals surface area contributed by atoms with Gasteiger partial charge in [0.1, 0.15) is 0 Å². The smallest absolute Gasteiger partial charge is 0.0946 e. The van der Waals surface area contributed by atoms with Gasteiger partial charge in [-0.15, -0.1) is 0 Å². The predicted molar refractivity (Wildman–Crippen MR) is 70.0 cm³/mol. The largest absolute Gasteiger partial charge is 0.336 e. The zero-order valence-corrected chi connectivity index (χ0v) is 10.9. The lowest BCUT2D eigenvalue weighted by Gasteiger charge is -2.20. The summed E-state index contributed by atoms with van der Waals surface area (Å²) >= 11 is 0. The van der Waals surface area contributed by atoms with Crippen LogP contribution in [0.15, 0.2) is 30.7 Å². The van der Waals surface area contributed by atoms with E-state index in [2.05, 4.69) is 46.9 Å². The standard InChI is InChI=1S/C14H19N3/c1-10-6-5-7-12(11(10)2)14(15-3)13-8-16-9-17(13)4/h5-9,14-15H,1-4H3. The molecule has 0 radical (unpaired) electrons. The summed E-state index contributed by atoms with van der Waals surface area (Å²) in [5.74, 6) is 0. The molecule has 1 aromatic carbocycles. The fourth-order valence-corrected chi connectivity index (χ4v) is 2.19. The van der Waals surface area contributed by atoms with Gasteiger partial charge in [0.15, 0.2) is 0 Å². The highest BCUT2D eigenvalue weighted by atomic mass is 15.1. The van der Waals surface area contributed by atoms with Crippen molar-refractivity contribution in [3.8, 4) is 0 Å². The van der Waals surface area contributed by atoms with E-state index in [0.717, 1.165) is 0 Å². The summed E-state index contributed by atoms with van der Waals surface area (Å²) in [4.78, 5) is 4.19. The predicted octanol–water partition coefficient (Wildman–Crippen LogP) is 2.35. The van der Waals surface area contributed by atoms with Crippen molar-refractivity contribution in [2.24, 2.45) is 7.05 Å². The first-order valence-electron chi connectivity index (χ1n) is 5.84. The summed E-state index contributed by atoms with van der Waals surface area (Å²) in [5, 5.41) is 3.37. The maximum absolute atomic E-state index is 4.19. The summed E-state index contributed by atoms with van der Waals surface area (Å²) in [6.45, 7) is 4.32. The summed E-state index contributed by atoms with van der Waals surface area (Å²) < 4.78 is 2.06. The van der Waals surface area contributed by atoms with Crippen LogP contribution in [0.4, 0.5) is 0 Å². The van der Waals surface area contributed by atoms with Crippen LogP contribution in [-0.2, 0) is 7.05 Å². The number of hydrogen-bond donors (Lipinski definition) is 1. The molecule has 3 nitrogen and oxygen atoms in total. The summed E-state index contributed by atoms with van der Waals surface area (Å²) in [6.07, 6.45) is 3.76. The first kappa shape index (κ1) is 11.9. The average molecular weight is 229 g/mol. The van der Waals surface area contributed by atoms with Gasteiger partial charge in [-0.25, -0.2) is 4.98 Å². The van der Waals surface area contributed by atoms with Gasteiger partial charge >= 0.3 is 0 Å². The van der Waals surface area contributed by atoms with Gasteiger partial charge in [-0.05, 0) is 37.6 Å². The SMILES string of the molecule is CNC(c1cccc(C)c1C)c1cncn1C. The van der Waals surface area contributed by atoms with Gasteiger partial charge in [-0.3, -0.25) is 0 Å². The minimum atomic E-state index is 0.197. The van der Waals surface area contributed by atoms with Crippen molar-refractivity contribution >= 4 is 0 Å². The van der Waals surface area contributed by atoms with E-state index < -0.39 is 0 Å². The number of benzene rings is 1. The Morgan fingerprint density at radius 1 is 1.29 bits per heavy atom. The average Bonchev–Trinajstić information content (AvgIpc) is 2.72. The number of hydrogen-bond acceptors (Lipinski definition) is 2. The first-order chi connectivity index (χ1) is 8.15. The molecule has 0 saturated carbocycles. The number of nitrogens with one attached hydrogen (secondary N) is 1. The fraction of sp³-hybridized carbons (Fsp3) is 0.357. The molecule has 90 valence electrons. The maximum atomic E-state index is 4.19. The summed E-state index contributed by atoms with van der Waals surface area (Å²) in [6, 6.07) is 6.63. The van der Waals surface area contributed by atoms with Crippen LogP contribution in [0.3, 0.4) is 0 Å². The molecule has 0 aliphatic rings. The second-order valence-electron chi connectivity index (χ2n) is 4.44. The van der Waals surface area contributed by atoms with Crippen LogP contribution in [0.1, 0.15) is 28.4 Å². The van der Waals surface area contributed by atoms with Crippen LogP contribution in [0.5, 0.6) is 0 Å². The molecule has 1 N–H and O–H groups in total. The molecule has 0 aliphatic carbocycles. The van der Waals surface area contributed by atoms with Crippen molar-refractivity contribution in [2.75, 3.05) is 7.05 Å². The second kappa shape index (κ2) is 4.72. The number of nitrogens with zero attached hydrogens (tertiary/aromatic N) is 2. The van der Waals surface area contributed by atoms with E-state index in [-0.39, 0.29) is 6.04 Å². The third-order valence-electron chi connectivity index (χ3n) is 3.40. The maximum Gasteiger partial charge on any atom is 0.0946 e. The lowest BCUT2D eigenvalue weighted by Crippen LogP contribution is -2.21. The highest BCUT2D eigenvalue weighted by Crippen LogP contribution is 2.25. The van der Waals surface area contributed by atoms with Crippen LogP contribution in [0.25, 0.3) is 0 Å². The number of rotatable bonds is 3. The van der Waals surface area contributed by atoms with E-state index in [1.807, 2.05) is 26.6 Å². The summed E-state index contributed by atoms with van der Waals surface area (Å²) in [7, 11) is 4.01. The van der Waals surface area contributed by atoms with Gasteiger partial charge in [-0.2, -0.15) is 0 Å². The molecule has 2 rings (SSSR count). The monoisotopic (exact) mass is 229 g/mol. The number of aromatic nitrogens is 2. The molecule has 0 aliphatic heterocycles. The van der Waals surface area contributed by atoms with Crippen molar-refractivity contribution in [1.29, 1.82) is 0 Å². The van der Waals surface area contributed by atoms with Crippen molar-refractivity contribution in [3.63, 3.8) is 0 Å². The molecule has 0 amide bonds. The zero-order valence-electron chi connectivity index (χ0n) is 10.9. The van der Waals surface area contributed by atoms with Gasteiger partial charge in [0.05, 0.1) is 24.3 Å². The molecular weight excluding hydrogens is 210 g/mol. The van der Waals surface area contributed by atoms with Crippen LogP contribution >= 0.6 is 0 Å². The molecule has 0 bridgehead atoms. The van der Waals surface area contributed by atoms with Crippen molar-refractivity contribution in [1.82, 2.24) is 14.9 Å². The molecule has 0 spiro atoms. The van der Waals surface area contributed by atoms with Crippen molar-refractivity contribution < 1.29 is 0 Å². The molecule has 17 heavy (non-hydrogen) atoms. The molecule has 1 heterocycles. The van der Waals surface area contributed by atoms with E-state index >= 15 is 0 Å². The van der Waals surface area contributed by atoms with Crippen molar-refractivity contribution in [3.05, 3.63) is 53.1 Å². The molecule has 0 fully saturated rings. The molecular formula is C14H19N3. The van der Waals surface area contributed by atoms with Gasteiger partial charge in [-0.1, -0.05) is 18.2 Å². The van der Waals surface area contributed by atoms with Crippen LogP contribution in [0.2, 0.25) is 0 Å². The molecule has 3 heteroatoms. The minimum absolute atomic E-state index is 0.197. The van der Waals surface area contributed by atoms with Gasteiger partial charge in [0.25, 0.3) is 0 Å². The van der Waals surface area contributed by atoms with E-state index in [1.54, 1.807) is 0 Å². The van der Waals surface area contributed by atoms with Crippen molar-refractivity contribution in [2.45, 2.75) is 19.9 Å². The Labute approximate surface area is 103 Å². The van der Waals surface area contributed by atoms with E-state index in [1.165, 1.54) is 22.4 Å². The lowest BCUT2D eigenvalue weighted by atomic mass is 9.96. The summed E-state index contributed by atoms with van der Waals surface area (Å²) in [5.41, 5.74) is 5.16. The second-order valence-corrected chi connectivity index (χ2v) is 4.44. The van der Waals surface area contributed by atoms with E-state index in [9.17, 15) is 0 Å². The normalized spacial score (nSPS) is 12.7. The third-order valence-corrected chi connectivity index (χ3v) is 3.40. The topological polar surface area (TPSA) is 29.9 Å². The Balaban J connectivity index is 2.50. The Bertz CT molecular complexity index is 514. The Morgan fingerprint density at radius 3 is 2.65 bits per heavy atom. The zero-order chi connectivity index (χ0) is 12.4. The Kier molecular flexibility index (Phi) is 3.29. The third kappa shape index (κ3) is 2.11. The molecule has 0 saturated heterocycles. The minimum Gasteiger partial charge on any atom is -0.336 e. The number of aryl methyl sites for hydroxylation is 2. The Hall–Kier alpha value is -1.61. The molecule has 1 aromatic heterocycles. The van der Waals surface area contributed by atoms with Crippen LogP contribution in [-0.4, -0.2) is 16.6 Å². The van der Waals surface area contributed by atoms with Crippen LogP contribution < -0.4 is 5.32 Å². The lowest BCUT2D eigenvalue weighted by molar-refractivity contribution is 0.634. The fourth-order valence-electron chi connectivity index (χ4n) is 2.19. The van der Waals surface area contributed by atoms with Crippen LogP contribution in [0, 0.1) is 13.8 Å². The highest BCUT2D eigenvalue weighted by Gasteiger charge is 2.17. The molecule has 1 atom stereocenters. The Morgan fingerprint density at radius 2 is 2.06 bits per heavy atom. The van der Waals surface area contributed by atoms with Gasteiger partial charge < -0.3 is 9.88 Å². The van der Waals surface area contributed by atoms with Gasteiger partial charge in [0.2, 0.25) is 0 Å².